The smallest absolute Gasteiger partial charge is 0.135 e. The fourth-order valence-corrected chi connectivity index (χ4v) is 9.91. The van der Waals surface area contributed by atoms with Crippen LogP contribution in [0.15, 0.2) is 158 Å². The van der Waals surface area contributed by atoms with Crippen LogP contribution < -0.4 is 14.5 Å². The molecule has 6 heteroatoms. The zero-order valence-corrected chi connectivity index (χ0v) is 47.4. The Balaban J connectivity index is 0.00000656. The summed E-state index contributed by atoms with van der Waals surface area (Å²) >= 11 is 0. The number of aromatic nitrogens is 2. The van der Waals surface area contributed by atoms with E-state index in [0.29, 0.717) is 11.5 Å². The van der Waals surface area contributed by atoms with Gasteiger partial charge in [0.15, 0.2) is 0 Å². The molecule has 0 N–H and O–H groups in total. The Hall–Kier alpha value is -6.42. The summed E-state index contributed by atoms with van der Waals surface area (Å²) in [6.45, 7) is 34.1. The second kappa shape index (κ2) is 18.8. The van der Waals surface area contributed by atoms with Crippen LogP contribution in [0.4, 0.5) is 22.7 Å². The predicted octanol–water partition coefficient (Wildman–Crippen LogP) is 18.2. The molecule has 73 heavy (non-hydrogen) atoms. The van der Waals surface area contributed by atoms with Crippen molar-refractivity contribution in [1.82, 2.24) is 9.55 Å². The minimum atomic E-state index is -0.260. The SMILES string of the molecule is CC(C)(C)c1ccc(-c2ccc3c(c2)c2ccc(Oc4[c-]c(N5[CH-]N(c6cc(C(C)(C)C)cc(C(C)(C)C)c6)c6ccccc65)cc(C(C)(C)C)c4)[c-]c2n3-c2cc(C(C)(C)c3ccccc3)ccn2)cc1.[Pt]. The van der Waals surface area contributed by atoms with Crippen molar-refractivity contribution in [3.63, 3.8) is 0 Å². The average Bonchev–Trinajstić information content (AvgIpc) is 3.89. The van der Waals surface area contributed by atoms with Crippen LogP contribution in [0.3, 0.4) is 0 Å². The summed E-state index contributed by atoms with van der Waals surface area (Å²) in [6.07, 6.45) is 1.94. The molecule has 7 aromatic carbocycles. The predicted molar refractivity (Wildman–Crippen MR) is 303 cm³/mol. The second-order valence-corrected chi connectivity index (χ2v) is 24.5. The van der Waals surface area contributed by atoms with E-state index in [1.54, 1.807) is 0 Å². The van der Waals surface area contributed by atoms with E-state index < -0.39 is 0 Å². The molecule has 10 rings (SSSR count). The van der Waals surface area contributed by atoms with Gasteiger partial charge in [0.25, 0.3) is 0 Å². The summed E-state index contributed by atoms with van der Waals surface area (Å²) in [5.74, 6) is 2.04. The quantitative estimate of drug-likeness (QED) is 0.142. The van der Waals surface area contributed by atoms with Gasteiger partial charge in [-0.2, -0.15) is 6.07 Å². The monoisotopic (exact) mass is 1140 g/mol. The molecular formula is C67H69N4OPt-3. The third-order valence-electron chi connectivity index (χ3n) is 14.7. The first kappa shape index (κ1) is 51.5. The number of pyridine rings is 1. The number of benzene rings is 7. The van der Waals surface area contributed by atoms with E-state index in [9.17, 15) is 0 Å². The third kappa shape index (κ3) is 10.0. The number of para-hydroxylation sites is 2. The normalized spacial score (nSPS) is 13.4. The van der Waals surface area contributed by atoms with E-state index in [2.05, 4.69) is 276 Å². The van der Waals surface area contributed by atoms with Crippen LogP contribution >= 0.6 is 0 Å². The average molecular weight is 1140 g/mol. The number of hydrogen-bond acceptors (Lipinski definition) is 4. The van der Waals surface area contributed by atoms with Gasteiger partial charge in [-0.25, -0.2) is 4.98 Å². The van der Waals surface area contributed by atoms with Crippen LogP contribution in [0.25, 0.3) is 38.8 Å². The Morgan fingerprint density at radius 3 is 1.67 bits per heavy atom. The van der Waals surface area contributed by atoms with E-state index in [-0.39, 0.29) is 48.1 Å². The maximum absolute atomic E-state index is 6.98. The van der Waals surface area contributed by atoms with Gasteiger partial charge in [-0.3, -0.25) is 0 Å². The molecule has 0 amide bonds. The van der Waals surface area contributed by atoms with Crippen LogP contribution in [0.2, 0.25) is 0 Å². The molecule has 9 aromatic rings. The van der Waals surface area contributed by atoms with Gasteiger partial charge in [0.1, 0.15) is 5.82 Å². The fourth-order valence-electron chi connectivity index (χ4n) is 9.91. The summed E-state index contributed by atoms with van der Waals surface area (Å²) in [6, 6.07) is 62.7. The van der Waals surface area contributed by atoms with Gasteiger partial charge in [0.2, 0.25) is 0 Å². The molecule has 0 saturated heterocycles. The van der Waals surface area contributed by atoms with E-state index >= 15 is 0 Å². The van der Waals surface area contributed by atoms with Crippen LogP contribution in [-0.4, -0.2) is 9.55 Å². The molecule has 0 unspecified atom stereocenters. The number of nitrogens with zero attached hydrogens (tertiary/aromatic N) is 4. The Morgan fingerprint density at radius 2 is 1.04 bits per heavy atom. The molecule has 0 spiro atoms. The molecular weight excluding hydrogens is 1070 g/mol. The van der Waals surface area contributed by atoms with Gasteiger partial charge in [0.05, 0.1) is 0 Å². The van der Waals surface area contributed by atoms with Gasteiger partial charge >= 0.3 is 0 Å². The maximum Gasteiger partial charge on any atom is 0.135 e. The minimum absolute atomic E-state index is 0. The van der Waals surface area contributed by atoms with Crippen LogP contribution in [0.1, 0.15) is 130 Å². The summed E-state index contributed by atoms with van der Waals surface area (Å²) < 4.78 is 9.23. The summed E-state index contributed by atoms with van der Waals surface area (Å²) in [4.78, 5) is 9.66. The molecule has 2 aromatic heterocycles. The van der Waals surface area contributed by atoms with Crippen molar-refractivity contribution in [1.29, 1.82) is 0 Å². The molecule has 0 radical (unpaired) electrons. The molecule has 1 aliphatic rings. The Labute approximate surface area is 449 Å². The van der Waals surface area contributed by atoms with Gasteiger partial charge in [-0.1, -0.05) is 187 Å². The summed E-state index contributed by atoms with van der Waals surface area (Å²) in [5.41, 5.74) is 15.6. The Bertz CT molecular complexity index is 3450. The zero-order valence-electron chi connectivity index (χ0n) is 45.1. The number of fused-ring (bicyclic) bond motifs is 4. The molecule has 376 valence electrons. The number of anilines is 4. The molecule has 5 nitrogen and oxygen atoms in total. The summed E-state index contributed by atoms with van der Waals surface area (Å²) in [5, 5.41) is 2.19. The topological polar surface area (TPSA) is 33.5 Å². The van der Waals surface area contributed by atoms with Crippen molar-refractivity contribution in [3.05, 3.63) is 210 Å². The van der Waals surface area contributed by atoms with E-state index in [0.717, 1.165) is 61.5 Å². The largest absolute Gasteiger partial charge is 0.509 e. The van der Waals surface area contributed by atoms with Gasteiger partial charge in [-0.05, 0) is 108 Å². The van der Waals surface area contributed by atoms with Crippen LogP contribution in [0.5, 0.6) is 11.5 Å². The molecule has 0 atom stereocenters. The molecule has 1 aliphatic heterocycles. The second-order valence-electron chi connectivity index (χ2n) is 24.5. The molecule has 0 bridgehead atoms. The molecule has 0 fully saturated rings. The first-order chi connectivity index (χ1) is 33.9. The minimum Gasteiger partial charge on any atom is -0.509 e. The van der Waals surface area contributed by atoms with Gasteiger partial charge in [-0.15, -0.1) is 53.6 Å². The number of hydrogen-bond donors (Lipinski definition) is 0. The van der Waals surface area contributed by atoms with Crippen molar-refractivity contribution < 1.29 is 25.8 Å². The van der Waals surface area contributed by atoms with Crippen LogP contribution in [-0.2, 0) is 48.1 Å². The third-order valence-corrected chi connectivity index (χ3v) is 14.7. The molecule has 3 heterocycles. The van der Waals surface area contributed by atoms with Crippen LogP contribution in [0, 0.1) is 18.8 Å². The van der Waals surface area contributed by atoms with Gasteiger partial charge < -0.3 is 19.1 Å². The van der Waals surface area contributed by atoms with E-state index in [1.165, 1.54) is 33.4 Å². The first-order valence-corrected chi connectivity index (χ1v) is 25.5. The van der Waals surface area contributed by atoms with Crippen molar-refractivity contribution >= 4 is 44.6 Å². The Morgan fingerprint density at radius 1 is 0.452 bits per heavy atom. The maximum atomic E-state index is 6.98. The van der Waals surface area contributed by atoms with Crippen molar-refractivity contribution in [3.8, 4) is 28.4 Å². The van der Waals surface area contributed by atoms with Crippen molar-refractivity contribution in [2.45, 2.75) is 124 Å². The number of rotatable bonds is 8. The van der Waals surface area contributed by atoms with Gasteiger partial charge in [0, 0.05) is 66.8 Å². The summed E-state index contributed by atoms with van der Waals surface area (Å²) in [7, 11) is 0. The molecule has 0 saturated carbocycles. The fraction of sp³-hybridized carbons (Fsp3) is 0.284. The molecule has 0 aliphatic carbocycles. The van der Waals surface area contributed by atoms with E-state index in [1.807, 2.05) is 12.3 Å². The number of ether oxygens (including phenoxy) is 1. The van der Waals surface area contributed by atoms with Crippen molar-refractivity contribution in [2.24, 2.45) is 0 Å². The first-order valence-electron chi connectivity index (χ1n) is 25.5. The Kier molecular flexibility index (Phi) is 13.3. The van der Waals surface area contributed by atoms with E-state index in [4.69, 9.17) is 9.72 Å². The standard InChI is InChI=1S/C67H69N4O.Pt/c1-63(2,3)46-27-24-44(25-28-46)45-26-31-58-57(34-45)56-30-29-54(42-61(56)71(58)62-40-48(32-33-68-62)67(13,14)47-20-16-15-17-21-47)72-55-39-51(66(10,11)12)38-53(41-55)70-43-69(59-22-18-19-23-60(59)70)52-36-49(64(4,5)6)35-50(37-52)65(7,8)9;/h15-40,43H,1-14H3;/q-3;. The zero-order chi connectivity index (χ0) is 51.1. The van der Waals surface area contributed by atoms with Crippen molar-refractivity contribution in [2.75, 3.05) is 9.80 Å².